The molecular weight excluding hydrogens is 314 g/mol. The first kappa shape index (κ1) is 15.2. The van der Waals surface area contributed by atoms with Crippen LogP contribution in [-0.4, -0.2) is 7.11 Å². The minimum Gasteiger partial charge on any atom is -0.497 e. The topological polar surface area (TPSA) is 35.2 Å². The molecule has 24 heavy (non-hydrogen) atoms. The van der Waals surface area contributed by atoms with Crippen LogP contribution in [0.15, 0.2) is 71.8 Å². The number of fused-ring (bicyclic) bond motifs is 1. The zero-order chi connectivity index (χ0) is 16.5. The molecule has 0 fully saturated rings. The Balaban J connectivity index is 1.69. The second-order valence-corrected chi connectivity index (χ2v) is 7.20. The molecule has 0 amide bonds. The Hall–Kier alpha value is -2.39. The molecule has 0 spiro atoms. The summed E-state index contributed by atoms with van der Waals surface area (Å²) in [5.74, 6) is 0.867. The molecule has 3 aromatic rings. The van der Waals surface area contributed by atoms with Gasteiger partial charge in [-0.25, -0.2) is 0 Å². The molecule has 3 aromatic carbocycles. The van der Waals surface area contributed by atoms with Crippen LogP contribution in [-0.2, 0) is 0 Å². The largest absolute Gasteiger partial charge is 0.497 e. The molecule has 1 unspecified atom stereocenters. The lowest BCUT2D eigenvalue weighted by molar-refractivity contribution is 0.414. The number of ether oxygens (including phenoxy) is 1. The molecule has 1 atom stereocenters. The third kappa shape index (κ3) is 2.65. The van der Waals surface area contributed by atoms with Crippen LogP contribution < -0.4 is 10.5 Å². The highest BCUT2D eigenvalue weighted by Crippen LogP contribution is 2.50. The summed E-state index contributed by atoms with van der Waals surface area (Å²) in [7, 11) is 1.69. The summed E-state index contributed by atoms with van der Waals surface area (Å²) in [6, 6.07) is 23.2. The van der Waals surface area contributed by atoms with Crippen molar-refractivity contribution in [2.24, 2.45) is 5.73 Å². The molecule has 2 N–H and O–H groups in total. The lowest BCUT2D eigenvalue weighted by Gasteiger charge is -2.13. The van der Waals surface area contributed by atoms with Gasteiger partial charge in [-0.1, -0.05) is 54.6 Å². The number of benzene rings is 3. The van der Waals surface area contributed by atoms with Crippen LogP contribution in [0.25, 0.3) is 16.3 Å². The first-order valence-corrected chi connectivity index (χ1v) is 8.91. The minimum atomic E-state index is 0.359. The second kappa shape index (κ2) is 6.25. The average molecular weight is 333 g/mol. The average Bonchev–Trinajstić information content (AvgIpc) is 3.03. The summed E-state index contributed by atoms with van der Waals surface area (Å²) in [5, 5.41) is 3.87. The van der Waals surface area contributed by atoms with Crippen molar-refractivity contribution < 1.29 is 4.74 Å². The smallest absolute Gasteiger partial charge is 0.119 e. The first-order chi connectivity index (χ1) is 11.8. The Kier molecular flexibility index (Phi) is 3.95. The highest BCUT2D eigenvalue weighted by Gasteiger charge is 2.27. The van der Waals surface area contributed by atoms with Gasteiger partial charge in [-0.2, -0.15) is 0 Å². The zero-order valence-electron chi connectivity index (χ0n) is 13.5. The molecule has 2 nitrogen and oxygen atoms in total. The molecule has 0 saturated carbocycles. The van der Waals surface area contributed by atoms with Crippen molar-refractivity contribution >= 4 is 28.1 Å². The van der Waals surface area contributed by atoms with Crippen LogP contribution in [0.4, 0.5) is 0 Å². The van der Waals surface area contributed by atoms with Crippen molar-refractivity contribution in [1.82, 2.24) is 0 Å². The van der Waals surface area contributed by atoms with Crippen LogP contribution in [0.3, 0.4) is 0 Å². The number of hydrogen-bond donors (Lipinski definition) is 1. The summed E-state index contributed by atoms with van der Waals surface area (Å²) in [4.78, 5) is 0. The first-order valence-electron chi connectivity index (χ1n) is 8.03. The monoisotopic (exact) mass is 333 g/mol. The number of hydrogen-bond acceptors (Lipinski definition) is 3. The maximum absolute atomic E-state index is 6.38. The van der Waals surface area contributed by atoms with Crippen LogP contribution in [0.5, 0.6) is 5.75 Å². The van der Waals surface area contributed by atoms with Gasteiger partial charge in [0.1, 0.15) is 5.75 Å². The molecule has 1 heterocycles. The fraction of sp³-hybridized carbons (Fsp3) is 0.143. The highest BCUT2D eigenvalue weighted by atomic mass is 32.2. The van der Waals surface area contributed by atoms with E-state index in [1.807, 2.05) is 12.1 Å². The predicted octanol–water partition coefficient (Wildman–Crippen LogP) is 5.35. The molecule has 0 radical (unpaired) electrons. The molecule has 1 aliphatic heterocycles. The number of rotatable bonds is 3. The SMILES string of the molecule is COc1cccc(C2=C(N)SC(c3cccc4ccccc34)C2)c1. The van der Waals surface area contributed by atoms with Crippen LogP contribution in [0.2, 0.25) is 0 Å². The van der Waals surface area contributed by atoms with Crippen molar-refractivity contribution in [3.05, 3.63) is 82.9 Å². The summed E-state index contributed by atoms with van der Waals surface area (Å²) < 4.78 is 5.35. The van der Waals surface area contributed by atoms with Gasteiger partial charge >= 0.3 is 0 Å². The number of nitrogens with two attached hydrogens (primary N) is 1. The normalized spacial score (nSPS) is 17.5. The van der Waals surface area contributed by atoms with Crippen molar-refractivity contribution in [3.63, 3.8) is 0 Å². The third-order valence-corrected chi connectivity index (χ3v) is 5.75. The summed E-state index contributed by atoms with van der Waals surface area (Å²) in [5.41, 5.74) is 10.1. The maximum atomic E-state index is 6.38. The Labute approximate surface area is 146 Å². The van der Waals surface area contributed by atoms with Crippen LogP contribution in [0.1, 0.15) is 22.8 Å². The molecule has 4 rings (SSSR count). The molecule has 0 aliphatic carbocycles. The van der Waals surface area contributed by atoms with E-state index in [4.69, 9.17) is 10.5 Å². The molecule has 0 saturated heterocycles. The summed E-state index contributed by atoms with van der Waals surface area (Å²) >= 11 is 1.77. The molecule has 0 bridgehead atoms. The predicted molar refractivity (Wildman–Crippen MR) is 103 cm³/mol. The van der Waals surface area contributed by atoms with Gasteiger partial charge < -0.3 is 10.5 Å². The fourth-order valence-corrected chi connectivity index (χ4v) is 4.56. The van der Waals surface area contributed by atoms with E-state index in [2.05, 4.69) is 54.6 Å². The Morgan fingerprint density at radius 1 is 1.00 bits per heavy atom. The van der Waals surface area contributed by atoms with E-state index in [1.165, 1.54) is 21.9 Å². The standard InChI is InChI=1S/C21H19NOS/c1-23-16-9-4-8-15(12-16)19-13-20(24-21(19)22)18-11-5-7-14-6-2-3-10-17(14)18/h2-12,20H,13,22H2,1H3. The van der Waals surface area contributed by atoms with Crippen molar-refractivity contribution in [1.29, 1.82) is 0 Å². The van der Waals surface area contributed by atoms with E-state index < -0.39 is 0 Å². The zero-order valence-corrected chi connectivity index (χ0v) is 14.3. The van der Waals surface area contributed by atoms with Crippen molar-refractivity contribution in [3.8, 4) is 5.75 Å². The lowest BCUT2D eigenvalue weighted by atomic mass is 9.95. The Morgan fingerprint density at radius 2 is 1.79 bits per heavy atom. The lowest BCUT2D eigenvalue weighted by Crippen LogP contribution is -1.93. The maximum Gasteiger partial charge on any atom is 0.119 e. The number of methoxy groups -OCH3 is 1. The van der Waals surface area contributed by atoms with Gasteiger partial charge in [0.25, 0.3) is 0 Å². The molecule has 0 aromatic heterocycles. The molecule has 1 aliphatic rings. The van der Waals surface area contributed by atoms with Gasteiger partial charge in [-0.3, -0.25) is 0 Å². The van der Waals surface area contributed by atoms with Gasteiger partial charge in [0.15, 0.2) is 0 Å². The van der Waals surface area contributed by atoms with Crippen molar-refractivity contribution in [2.75, 3.05) is 7.11 Å². The molecule has 120 valence electrons. The van der Waals surface area contributed by atoms with E-state index in [-0.39, 0.29) is 0 Å². The van der Waals surface area contributed by atoms with Crippen molar-refractivity contribution in [2.45, 2.75) is 11.7 Å². The van der Waals surface area contributed by atoms with Crippen LogP contribution in [0, 0.1) is 0 Å². The minimum absolute atomic E-state index is 0.359. The Morgan fingerprint density at radius 3 is 2.67 bits per heavy atom. The fourth-order valence-electron chi connectivity index (χ4n) is 3.33. The van der Waals surface area contributed by atoms with Gasteiger partial charge in [0.2, 0.25) is 0 Å². The molecular formula is C21H19NOS. The van der Waals surface area contributed by atoms with E-state index in [0.29, 0.717) is 5.25 Å². The van der Waals surface area contributed by atoms with E-state index in [1.54, 1.807) is 18.9 Å². The van der Waals surface area contributed by atoms with E-state index in [9.17, 15) is 0 Å². The number of thioether (sulfide) groups is 1. The second-order valence-electron chi connectivity index (χ2n) is 5.95. The third-order valence-electron chi connectivity index (χ3n) is 4.54. The van der Waals surface area contributed by atoms with E-state index >= 15 is 0 Å². The van der Waals surface area contributed by atoms with Gasteiger partial charge in [-0.15, -0.1) is 11.8 Å². The number of allylic oxidation sites excluding steroid dienone is 1. The Bertz CT molecular complexity index is 927. The van der Waals surface area contributed by atoms with Gasteiger partial charge in [-0.05, 0) is 46.0 Å². The van der Waals surface area contributed by atoms with E-state index in [0.717, 1.165) is 22.8 Å². The molecule has 3 heteroatoms. The van der Waals surface area contributed by atoms with Gasteiger partial charge in [0, 0.05) is 5.25 Å². The summed E-state index contributed by atoms with van der Waals surface area (Å²) in [6.07, 6.45) is 0.942. The van der Waals surface area contributed by atoms with Gasteiger partial charge in [0.05, 0.1) is 12.1 Å². The quantitative estimate of drug-likeness (QED) is 0.701. The summed E-state index contributed by atoms with van der Waals surface area (Å²) in [6.45, 7) is 0. The van der Waals surface area contributed by atoms with Crippen LogP contribution >= 0.6 is 11.8 Å². The highest BCUT2D eigenvalue weighted by molar-refractivity contribution is 8.03.